The molecule has 0 saturated carbocycles. The lowest BCUT2D eigenvalue weighted by Crippen LogP contribution is -2.37. The minimum absolute atomic E-state index is 0.0890. The van der Waals surface area contributed by atoms with Crippen molar-refractivity contribution in [1.29, 1.82) is 0 Å². The molecule has 1 amide bonds. The first-order valence-corrected chi connectivity index (χ1v) is 9.96. The number of benzene rings is 3. The van der Waals surface area contributed by atoms with Crippen molar-refractivity contribution in [3.63, 3.8) is 0 Å². The number of likely N-dealkylation sites (tertiary alicyclic amines) is 1. The quantitative estimate of drug-likeness (QED) is 0.656. The maximum atomic E-state index is 12.9. The molecule has 1 aliphatic heterocycles. The first-order valence-electron chi connectivity index (χ1n) is 9.96. The van der Waals surface area contributed by atoms with Gasteiger partial charge in [0.15, 0.2) is 5.78 Å². The number of ketones is 1. The van der Waals surface area contributed by atoms with Gasteiger partial charge in [0.2, 0.25) is 0 Å². The molecule has 1 saturated heterocycles. The van der Waals surface area contributed by atoms with Crippen LogP contribution in [0.25, 0.3) is 0 Å². The van der Waals surface area contributed by atoms with Crippen molar-refractivity contribution < 1.29 is 9.59 Å². The summed E-state index contributed by atoms with van der Waals surface area (Å²) in [6.07, 6.45) is 0.910. The van der Waals surface area contributed by atoms with Crippen LogP contribution in [0.4, 0.5) is 0 Å². The summed E-state index contributed by atoms with van der Waals surface area (Å²) in [5.74, 6) is -0.315. The molecule has 3 aromatic carbocycles. The standard InChI is InChI=1S/C25H24N2O2/c28-24(20-11-5-2-6-12-20)22-13-7-8-14-23(22)25(29)26-21-15-16-27(18-21)17-19-9-3-1-4-10-19/h1-14,21H,15-18H2,(H,26,29)/t21-/m0/s1. The zero-order valence-electron chi connectivity index (χ0n) is 16.3. The molecule has 0 bridgehead atoms. The third-order valence-corrected chi connectivity index (χ3v) is 5.31. The number of rotatable bonds is 6. The van der Waals surface area contributed by atoms with Crippen LogP contribution in [0.1, 0.15) is 38.3 Å². The number of nitrogens with zero attached hydrogens (tertiary/aromatic N) is 1. The predicted molar refractivity (Wildman–Crippen MR) is 114 cm³/mol. The van der Waals surface area contributed by atoms with Crippen LogP contribution in [-0.4, -0.2) is 35.7 Å². The van der Waals surface area contributed by atoms with Crippen LogP contribution in [0.2, 0.25) is 0 Å². The van der Waals surface area contributed by atoms with Crippen molar-refractivity contribution >= 4 is 11.7 Å². The van der Waals surface area contributed by atoms with Crippen LogP contribution in [-0.2, 0) is 6.54 Å². The van der Waals surface area contributed by atoms with Crippen LogP contribution in [0.5, 0.6) is 0 Å². The zero-order valence-corrected chi connectivity index (χ0v) is 16.3. The Bertz CT molecular complexity index is 986. The number of carbonyl (C=O) groups is 2. The highest BCUT2D eigenvalue weighted by Gasteiger charge is 2.26. The van der Waals surface area contributed by atoms with Gasteiger partial charge in [-0.15, -0.1) is 0 Å². The molecule has 4 heteroatoms. The number of amides is 1. The fourth-order valence-corrected chi connectivity index (χ4v) is 3.82. The van der Waals surface area contributed by atoms with Gasteiger partial charge in [-0.3, -0.25) is 14.5 Å². The Morgan fingerprint density at radius 2 is 1.45 bits per heavy atom. The van der Waals surface area contributed by atoms with E-state index in [1.807, 2.05) is 36.4 Å². The Labute approximate surface area is 171 Å². The highest BCUT2D eigenvalue weighted by molar-refractivity contribution is 6.15. The molecule has 0 aromatic heterocycles. The lowest BCUT2D eigenvalue weighted by Gasteiger charge is -2.17. The Morgan fingerprint density at radius 1 is 0.828 bits per heavy atom. The second kappa shape index (κ2) is 8.84. The van der Waals surface area contributed by atoms with Crippen LogP contribution in [0.3, 0.4) is 0 Å². The summed E-state index contributed by atoms with van der Waals surface area (Å²) < 4.78 is 0. The average molecular weight is 384 g/mol. The first kappa shape index (κ1) is 19.1. The SMILES string of the molecule is O=C(N[C@H]1CCN(Cc2ccccc2)C1)c1ccccc1C(=O)c1ccccc1. The molecule has 0 unspecified atom stereocenters. The van der Waals surface area contributed by atoms with Gasteiger partial charge < -0.3 is 5.32 Å². The lowest BCUT2D eigenvalue weighted by molar-refractivity contribution is 0.0927. The third kappa shape index (κ3) is 4.61. The number of hydrogen-bond acceptors (Lipinski definition) is 3. The van der Waals surface area contributed by atoms with Gasteiger partial charge in [-0.2, -0.15) is 0 Å². The summed E-state index contributed by atoms with van der Waals surface area (Å²) in [5.41, 5.74) is 2.74. The molecule has 4 nitrogen and oxygen atoms in total. The second-order valence-corrected chi connectivity index (χ2v) is 7.42. The zero-order chi connectivity index (χ0) is 20.1. The fourth-order valence-electron chi connectivity index (χ4n) is 3.82. The van der Waals surface area contributed by atoms with Crippen molar-refractivity contribution in [2.75, 3.05) is 13.1 Å². The summed E-state index contributed by atoms with van der Waals surface area (Å²) in [4.78, 5) is 28.2. The molecule has 1 atom stereocenters. The van der Waals surface area contributed by atoms with E-state index in [2.05, 4.69) is 22.3 Å². The molecular weight excluding hydrogens is 360 g/mol. The first-order chi connectivity index (χ1) is 14.2. The highest BCUT2D eigenvalue weighted by atomic mass is 16.2. The summed E-state index contributed by atoms with van der Waals surface area (Å²) in [7, 11) is 0. The van der Waals surface area contributed by atoms with Gasteiger partial charge in [0, 0.05) is 36.8 Å². The third-order valence-electron chi connectivity index (χ3n) is 5.31. The molecule has 0 radical (unpaired) electrons. The van der Waals surface area contributed by atoms with E-state index in [0.717, 1.165) is 26.1 Å². The van der Waals surface area contributed by atoms with E-state index in [-0.39, 0.29) is 17.7 Å². The van der Waals surface area contributed by atoms with Crippen molar-refractivity contribution in [1.82, 2.24) is 10.2 Å². The summed E-state index contributed by atoms with van der Waals surface area (Å²) >= 11 is 0. The van der Waals surface area contributed by atoms with Gasteiger partial charge >= 0.3 is 0 Å². The molecule has 0 aliphatic carbocycles. The number of hydrogen-bond donors (Lipinski definition) is 1. The van der Waals surface area contributed by atoms with Gasteiger partial charge in [0.05, 0.1) is 5.56 Å². The second-order valence-electron chi connectivity index (χ2n) is 7.42. The van der Waals surface area contributed by atoms with Gasteiger partial charge in [0.1, 0.15) is 0 Å². The van der Waals surface area contributed by atoms with Gasteiger partial charge in [-0.25, -0.2) is 0 Å². The molecule has 29 heavy (non-hydrogen) atoms. The largest absolute Gasteiger partial charge is 0.348 e. The van der Waals surface area contributed by atoms with Gasteiger partial charge in [-0.05, 0) is 18.1 Å². The minimum Gasteiger partial charge on any atom is -0.348 e. The van der Waals surface area contributed by atoms with Crippen LogP contribution in [0, 0.1) is 0 Å². The van der Waals surface area contributed by atoms with Crippen LogP contribution >= 0.6 is 0 Å². The van der Waals surface area contributed by atoms with E-state index < -0.39 is 0 Å². The maximum Gasteiger partial charge on any atom is 0.252 e. The molecule has 4 rings (SSSR count). The molecule has 1 aliphatic rings. The Morgan fingerprint density at radius 3 is 2.17 bits per heavy atom. The summed E-state index contributed by atoms with van der Waals surface area (Å²) in [5, 5.41) is 3.12. The normalized spacial score (nSPS) is 16.5. The highest BCUT2D eigenvalue weighted by Crippen LogP contribution is 2.17. The molecule has 146 valence electrons. The average Bonchev–Trinajstić information content (AvgIpc) is 3.21. The topological polar surface area (TPSA) is 49.4 Å². The van der Waals surface area contributed by atoms with Crippen molar-refractivity contribution in [2.45, 2.75) is 19.0 Å². The molecular formula is C25H24N2O2. The molecule has 3 aromatic rings. The van der Waals surface area contributed by atoms with E-state index in [0.29, 0.717) is 16.7 Å². The van der Waals surface area contributed by atoms with E-state index in [9.17, 15) is 9.59 Å². The Kier molecular flexibility index (Phi) is 5.82. The van der Waals surface area contributed by atoms with Gasteiger partial charge in [0.25, 0.3) is 5.91 Å². The summed E-state index contributed by atoms with van der Waals surface area (Å²) in [6.45, 7) is 2.65. The molecule has 1 fully saturated rings. The Hall–Kier alpha value is -3.24. The molecule has 1 heterocycles. The number of carbonyl (C=O) groups excluding carboxylic acids is 2. The predicted octanol–water partition coefficient (Wildman–Crippen LogP) is 3.92. The monoisotopic (exact) mass is 384 g/mol. The van der Waals surface area contributed by atoms with E-state index in [4.69, 9.17) is 0 Å². The molecule has 1 N–H and O–H groups in total. The lowest BCUT2D eigenvalue weighted by atomic mass is 9.97. The Balaban J connectivity index is 1.42. The van der Waals surface area contributed by atoms with Crippen molar-refractivity contribution in [3.8, 4) is 0 Å². The van der Waals surface area contributed by atoms with E-state index in [1.165, 1.54) is 5.56 Å². The van der Waals surface area contributed by atoms with Crippen LogP contribution in [0.15, 0.2) is 84.9 Å². The number of nitrogens with one attached hydrogen (secondary N) is 1. The van der Waals surface area contributed by atoms with Crippen molar-refractivity contribution in [2.24, 2.45) is 0 Å². The van der Waals surface area contributed by atoms with Crippen molar-refractivity contribution in [3.05, 3.63) is 107 Å². The van der Waals surface area contributed by atoms with Gasteiger partial charge in [-0.1, -0.05) is 78.9 Å². The fraction of sp³-hybridized carbons (Fsp3) is 0.200. The summed E-state index contributed by atoms with van der Waals surface area (Å²) in [6, 6.07) is 26.6. The maximum absolute atomic E-state index is 12.9. The minimum atomic E-state index is -0.184. The van der Waals surface area contributed by atoms with E-state index >= 15 is 0 Å². The van der Waals surface area contributed by atoms with E-state index in [1.54, 1.807) is 36.4 Å². The smallest absolute Gasteiger partial charge is 0.252 e. The van der Waals surface area contributed by atoms with Crippen LogP contribution < -0.4 is 5.32 Å². The molecule has 0 spiro atoms.